The van der Waals surface area contributed by atoms with Crippen LogP contribution < -0.4 is 0 Å². The molecule has 0 saturated carbocycles. The van der Waals surface area contributed by atoms with Gasteiger partial charge in [0.15, 0.2) is 5.78 Å². The first-order valence-corrected chi connectivity index (χ1v) is 7.92. The Hall–Kier alpha value is -0.870. The molecule has 0 fully saturated rings. The summed E-state index contributed by atoms with van der Waals surface area (Å²) in [7, 11) is 2.04. The lowest BCUT2D eigenvalue weighted by atomic mass is 10.1. The summed E-state index contributed by atoms with van der Waals surface area (Å²) in [4.78, 5) is 14.1. The zero-order valence-corrected chi connectivity index (χ0v) is 12.7. The molecule has 0 aliphatic carbocycles. The minimum Gasteiger partial charge on any atom is -0.303 e. The number of benzene rings is 1. The summed E-state index contributed by atoms with van der Waals surface area (Å²) in [5.74, 6) is 0.903. The van der Waals surface area contributed by atoms with Crippen LogP contribution in [0.1, 0.15) is 30.1 Å². The number of ketones is 1. The minimum absolute atomic E-state index is 0.0731. The molecule has 0 aromatic heterocycles. The molecule has 1 aromatic rings. The van der Waals surface area contributed by atoms with Gasteiger partial charge in [-0.15, -0.1) is 0 Å². The lowest BCUT2D eigenvalue weighted by molar-refractivity contribution is 0.0962. The molecule has 0 aliphatic rings. The fourth-order valence-corrected chi connectivity index (χ4v) is 2.36. The smallest absolute Gasteiger partial charge is 0.164 e. The fourth-order valence-electron chi connectivity index (χ4n) is 1.79. The van der Waals surface area contributed by atoms with E-state index in [-0.39, 0.29) is 11.6 Å². The van der Waals surface area contributed by atoms with Crippen LogP contribution in [0.3, 0.4) is 0 Å². The first-order valence-electron chi connectivity index (χ1n) is 6.52. The molecule has 1 unspecified atom stereocenters. The molecule has 4 heteroatoms. The Morgan fingerprint density at radius 3 is 2.58 bits per heavy atom. The van der Waals surface area contributed by atoms with Gasteiger partial charge in [-0.3, -0.25) is 4.79 Å². The van der Waals surface area contributed by atoms with Gasteiger partial charge >= 0.3 is 0 Å². The van der Waals surface area contributed by atoms with E-state index < -0.39 is 0 Å². The number of hydrogen-bond donors (Lipinski definition) is 0. The van der Waals surface area contributed by atoms with E-state index in [2.05, 4.69) is 18.1 Å². The monoisotopic (exact) mass is 283 g/mol. The Balaban J connectivity index is 2.39. The van der Waals surface area contributed by atoms with Gasteiger partial charge < -0.3 is 4.90 Å². The molecule has 1 rings (SSSR count). The van der Waals surface area contributed by atoms with Gasteiger partial charge in [0.2, 0.25) is 0 Å². The molecule has 0 heterocycles. The van der Waals surface area contributed by atoms with Crippen molar-refractivity contribution in [1.82, 2.24) is 4.90 Å². The second-order valence-corrected chi connectivity index (χ2v) is 5.78. The van der Waals surface area contributed by atoms with E-state index in [1.54, 1.807) is 12.1 Å². The van der Waals surface area contributed by atoms with E-state index in [9.17, 15) is 9.18 Å². The Morgan fingerprint density at radius 1 is 1.37 bits per heavy atom. The quantitative estimate of drug-likeness (QED) is 0.681. The van der Waals surface area contributed by atoms with Gasteiger partial charge in [-0.25, -0.2) is 4.39 Å². The van der Waals surface area contributed by atoms with Gasteiger partial charge in [-0.05, 0) is 56.7 Å². The predicted molar refractivity (Wildman–Crippen MR) is 80.4 cm³/mol. The molecule has 19 heavy (non-hydrogen) atoms. The maximum Gasteiger partial charge on any atom is 0.164 e. The number of hydrogen-bond acceptors (Lipinski definition) is 3. The third-order valence-corrected chi connectivity index (χ3v) is 3.99. The van der Waals surface area contributed by atoms with E-state index in [0.29, 0.717) is 18.0 Å². The summed E-state index contributed by atoms with van der Waals surface area (Å²) in [6.07, 6.45) is 3.71. The molecule has 2 nitrogen and oxygen atoms in total. The highest BCUT2D eigenvalue weighted by Gasteiger charge is 2.12. The number of nitrogens with zero attached hydrogens (tertiary/aromatic N) is 1. The van der Waals surface area contributed by atoms with Gasteiger partial charge in [0, 0.05) is 24.6 Å². The molecule has 1 aromatic carbocycles. The van der Waals surface area contributed by atoms with Gasteiger partial charge in [0.1, 0.15) is 5.82 Å². The molecule has 0 radical (unpaired) electrons. The number of carbonyl (C=O) groups excluding carboxylic acids is 1. The molecule has 1 atom stereocenters. The topological polar surface area (TPSA) is 20.3 Å². The largest absolute Gasteiger partial charge is 0.303 e. The highest BCUT2D eigenvalue weighted by atomic mass is 32.2. The van der Waals surface area contributed by atoms with E-state index in [4.69, 9.17) is 0 Å². The van der Waals surface area contributed by atoms with Crippen LogP contribution in [-0.4, -0.2) is 42.3 Å². The second-order valence-electron chi connectivity index (χ2n) is 4.79. The highest BCUT2D eigenvalue weighted by Crippen LogP contribution is 2.09. The van der Waals surface area contributed by atoms with Crippen LogP contribution in [0, 0.1) is 5.82 Å². The van der Waals surface area contributed by atoms with Crippen LogP contribution in [0.5, 0.6) is 0 Å². The first-order chi connectivity index (χ1) is 9.04. The van der Waals surface area contributed by atoms with Crippen molar-refractivity contribution in [1.29, 1.82) is 0 Å². The van der Waals surface area contributed by atoms with E-state index in [0.717, 1.165) is 18.7 Å². The van der Waals surface area contributed by atoms with Crippen molar-refractivity contribution >= 4 is 17.5 Å². The third-order valence-electron chi connectivity index (χ3n) is 3.35. The second kappa shape index (κ2) is 8.33. The Labute approximate surface area is 119 Å². The average Bonchev–Trinajstić information content (AvgIpc) is 2.42. The summed E-state index contributed by atoms with van der Waals surface area (Å²) in [5, 5.41) is 0. The number of carbonyl (C=O) groups is 1. The Kier molecular flexibility index (Phi) is 7.10. The molecule has 0 aliphatic heterocycles. The van der Waals surface area contributed by atoms with Crippen LogP contribution in [-0.2, 0) is 0 Å². The van der Waals surface area contributed by atoms with Crippen molar-refractivity contribution in [3.05, 3.63) is 35.6 Å². The summed E-state index contributed by atoms with van der Waals surface area (Å²) in [6, 6.07) is 6.24. The van der Waals surface area contributed by atoms with Crippen molar-refractivity contribution in [2.75, 3.05) is 25.6 Å². The average molecular weight is 283 g/mol. The fraction of sp³-hybridized carbons (Fsp3) is 0.533. The number of rotatable bonds is 8. The highest BCUT2D eigenvalue weighted by molar-refractivity contribution is 7.98. The molecule has 106 valence electrons. The standard InChI is InChI=1S/C15H22FNOS/c1-12(9-11-19-3)17(2)10-8-15(18)13-4-6-14(16)7-5-13/h4-7,12H,8-11H2,1-3H3. The maximum atomic E-state index is 12.8. The van der Waals surface area contributed by atoms with Gasteiger partial charge in [-0.1, -0.05) is 0 Å². The zero-order valence-electron chi connectivity index (χ0n) is 11.9. The van der Waals surface area contributed by atoms with Gasteiger partial charge in [-0.2, -0.15) is 11.8 Å². The normalized spacial score (nSPS) is 12.7. The van der Waals surface area contributed by atoms with Gasteiger partial charge in [0.05, 0.1) is 0 Å². The minimum atomic E-state index is -0.306. The summed E-state index contributed by atoms with van der Waals surface area (Å²) >= 11 is 1.84. The SMILES string of the molecule is CSCCC(C)N(C)CCC(=O)c1ccc(F)cc1. The molecular formula is C15H22FNOS. The van der Waals surface area contributed by atoms with Crippen molar-refractivity contribution < 1.29 is 9.18 Å². The lowest BCUT2D eigenvalue weighted by Gasteiger charge is -2.24. The molecule has 0 amide bonds. The van der Waals surface area contributed by atoms with Crippen LogP contribution in [0.4, 0.5) is 4.39 Å². The Bertz CT molecular complexity index is 394. The van der Waals surface area contributed by atoms with E-state index >= 15 is 0 Å². The number of Topliss-reactive ketones (excluding diaryl/α,β-unsaturated/α-hetero) is 1. The van der Waals surface area contributed by atoms with Crippen LogP contribution in [0.2, 0.25) is 0 Å². The van der Waals surface area contributed by atoms with Crippen LogP contribution in [0.25, 0.3) is 0 Å². The lowest BCUT2D eigenvalue weighted by Crippen LogP contribution is -2.31. The van der Waals surface area contributed by atoms with E-state index in [1.807, 2.05) is 18.8 Å². The van der Waals surface area contributed by atoms with Crippen LogP contribution >= 0.6 is 11.8 Å². The van der Waals surface area contributed by atoms with Crippen LogP contribution in [0.15, 0.2) is 24.3 Å². The molecule has 0 spiro atoms. The summed E-state index contributed by atoms with van der Waals surface area (Å²) in [5.41, 5.74) is 0.589. The molecular weight excluding hydrogens is 261 g/mol. The summed E-state index contributed by atoms with van der Waals surface area (Å²) in [6.45, 7) is 2.92. The predicted octanol–water partition coefficient (Wildman–Crippen LogP) is 3.47. The van der Waals surface area contributed by atoms with Gasteiger partial charge in [0.25, 0.3) is 0 Å². The van der Waals surface area contributed by atoms with Crippen molar-refractivity contribution in [2.45, 2.75) is 25.8 Å². The molecule has 0 saturated heterocycles. The van der Waals surface area contributed by atoms with Crippen molar-refractivity contribution in [3.8, 4) is 0 Å². The van der Waals surface area contributed by atoms with E-state index in [1.165, 1.54) is 12.1 Å². The maximum absolute atomic E-state index is 12.8. The zero-order chi connectivity index (χ0) is 14.3. The third kappa shape index (κ3) is 5.74. The molecule has 0 N–H and O–H groups in total. The number of halogens is 1. The van der Waals surface area contributed by atoms with Crippen molar-refractivity contribution in [2.24, 2.45) is 0 Å². The van der Waals surface area contributed by atoms with Crippen molar-refractivity contribution in [3.63, 3.8) is 0 Å². The molecule has 0 bridgehead atoms. The number of thioether (sulfide) groups is 1. The Morgan fingerprint density at radius 2 is 2.00 bits per heavy atom. The summed E-state index contributed by atoms with van der Waals surface area (Å²) < 4.78 is 12.8. The first kappa shape index (κ1) is 16.2.